The third kappa shape index (κ3) is 6.51. The Bertz CT molecular complexity index is 747. The van der Waals surface area contributed by atoms with Crippen LogP contribution < -0.4 is 10.1 Å². The highest BCUT2D eigenvalue weighted by Gasteiger charge is 2.15. The number of hydrogen-bond donors (Lipinski definition) is 1. The lowest BCUT2D eigenvalue weighted by Crippen LogP contribution is -2.30. The van der Waals surface area contributed by atoms with Crippen molar-refractivity contribution in [3.8, 4) is 16.9 Å². The maximum atomic E-state index is 11.9. The number of carbonyl (C=O) groups excluding carboxylic acids is 1. The SMILES string of the molecule is O=C(COc1ccc(-c2ccccc2)cc1Cl)NCCCOCC1CCCO1. The van der Waals surface area contributed by atoms with Crippen LogP contribution in [0, 0.1) is 0 Å². The average Bonchev–Trinajstić information content (AvgIpc) is 3.24. The highest BCUT2D eigenvalue weighted by molar-refractivity contribution is 6.32. The molecular weight excluding hydrogens is 378 g/mol. The standard InChI is InChI=1S/C22H26ClNO4/c23-20-14-18(17-6-2-1-3-7-17)9-10-21(20)28-16-22(25)24-11-5-12-26-15-19-8-4-13-27-19/h1-3,6-7,9-10,14,19H,4-5,8,11-13,15-16H2,(H,24,25). The van der Waals surface area contributed by atoms with Crippen molar-refractivity contribution in [2.45, 2.75) is 25.4 Å². The molecule has 0 saturated carbocycles. The van der Waals surface area contributed by atoms with Crippen LogP contribution in [-0.4, -0.2) is 45.0 Å². The molecule has 1 atom stereocenters. The molecule has 0 bridgehead atoms. The summed E-state index contributed by atoms with van der Waals surface area (Å²) in [6, 6.07) is 15.5. The second-order valence-electron chi connectivity index (χ2n) is 6.71. The van der Waals surface area contributed by atoms with Crippen molar-refractivity contribution in [1.82, 2.24) is 5.32 Å². The number of ether oxygens (including phenoxy) is 3. The summed E-state index contributed by atoms with van der Waals surface area (Å²) in [7, 11) is 0. The maximum absolute atomic E-state index is 11.9. The third-order valence-electron chi connectivity index (χ3n) is 4.51. The second kappa shape index (κ2) is 11.1. The van der Waals surface area contributed by atoms with E-state index in [-0.39, 0.29) is 18.6 Å². The van der Waals surface area contributed by atoms with Crippen LogP contribution >= 0.6 is 11.6 Å². The van der Waals surface area contributed by atoms with Crippen molar-refractivity contribution in [1.29, 1.82) is 0 Å². The fourth-order valence-electron chi connectivity index (χ4n) is 3.01. The molecule has 1 N–H and O–H groups in total. The lowest BCUT2D eigenvalue weighted by molar-refractivity contribution is -0.123. The van der Waals surface area contributed by atoms with Gasteiger partial charge in [-0.05, 0) is 42.5 Å². The largest absolute Gasteiger partial charge is 0.482 e. The number of halogens is 1. The number of carbonyl (C=O) groups is 1. The van der Waals surface area contributed by atoms with Crippen LogP contribution in [0.25, 0.3) is 11.1 Å². The highest BCUT2D eigenvalue weighted by atomic mass is 35.5. The van der Waals surface area contributed by atoms with Gasteiger partial charge in [0.1, 0.15) is 5.75 Å². The summed E-state index contributed by atoms with van der Waals surface area (Å²) in [6.45, 7) is 2.56. The van der Waals surface area contributed by atoms with E-state index in [1.165, 1.54) is 0 Å². The van der Waals surface area contributed by atoms with E-state index < -0.39 is 0 Å². The number of hydrogen-bond acceptors (Lipinski definition) is 4. The van der Waals surface area contributed by atoms with Gasteiger partial charge in [0.2, 0.25) is 0 Å². The van der Waals surface area contributed by atoms with Gasteiger partial charge in [0.25, 0.3) is 5.91 Å². The van der Waals surface area contributed by atoms with Gasteiger partial charge in [-0.2, -0.15) is 0 Å². The highest BCUT2D eigenvalue weighted by Crippen LogP contribution is 2.30. The van der Waals surface area contributed by atoms with E-state index >= 15 is 0 Å². The molecule has 5 nitrogen and oxygen atoms in total. The van der Waals surface area contributed by atoms with Crippen molar-refractivity contribution in [3.05, 3.63) is 53.6 Å². The van der Waals surface area contributed by atoms with Crippen LogP contribution in [0.4, 0.5) is 0 Å². The number of amides is 1. The lowest BCUT2D eigenvalue weighted by atomic mass is 10.1. The van der Waals surface area contributed by atoms with Crippen LogP contribution in [-0.2, 0) is 14.3 Å². The minimum atomic E-state index is -0.178. The minimum Gasteiger partial charge on any atom is -0.482 e. The van der Waals surface area contributed by atoms with Gasteiger partial charge >= 0.3 is 0 Å². The van der Waals surface area contributed by atoms with Crippen LogP contribution in [0.2, 0.25) is 5.02 Å². The zero-order valence-corrected chi connectivity index (χ0v) is 16.6. The molecule has 1 aliphatic rings. The Morgan fingerprint density at radius 2 is 2.04 bits per heavy atom. The summed E-state index contributed by atoms with van der Waals surface area (Å²) in [5, 5.41) is 3.30. The third-order valence-corrected chi connectivity index (χ3v) is 4.81. The molecule has 3 rings (SSSR count). The molecule has 1 amide bonds. The van der Waals surface area contributed by atoms with E-state index in [9.17, 15) is 4.79 Å². The Morgan fingerprint density at radius 1 is 1.18 bits per heavy atom. The topological polar surface area (TPSA) is 56.8 Å². The van der Waals surface area contributed by atoms with Crippen molar-refractivity contribution < 1.29 is 19.0 Å². The van der Waals surface area contributed by atoms with Gasteiger partial charge in [0.15, 0.2) is 6.61 Å². The quantitative estimate of drug-likeness (QED) is 0.607. The molecule has 0 radical (unpaired) electrons. The van der Waals surface area contributed by atoms with Crippen molar-refractivity contribution in [2.75, 3.05) is 33.0 Å². The van der Waals surface area contributed by atoms with Crippen molar-refractivity contribution >= 4 is 17.5 Å². The van der Waals surface area contributed by atoms with Crippen molar-refractivity contribution in [2.24, 2.45) is 0 Å². The Morgan fingerprint density at radius 3 is 2.79 bits per heavy atom. The zero-order chi connectivity index (χ0) is 19.6. The molecular formula is C22H26ClNO4. The normalized spacial score (nSPS) is 16.1. The summed E-state index contributed by atoms with van der Waals surface area (Å²) in [5.41, 5.74) is 2.08. The molecule has 0 aromatic heterocycles. The average molecular weight is 404 g/mol. The summed E-state index contributed by atoms with van der Waals surface area (Å²) in [5.74, 6) is 0.318. The Balaban J connectivity index is 1.33. The van der Waals surface area contributed by atoms with Gasteiger partial charge in [-0.3, -0.25) is 4.79 Å². The monoisotopic (exact) mass is 403 g/mol. The molecule has 1 heterocycles. The van der Waals surface area contributed by atoms with Gasteiger partial charge in [-0.25, -0.2) is 0 Å². The number of rotatable bonds is 10. The van der Waals surface area contributed by atoms with Crippen molar-refractivity contribution in [3.63, 3.8) is 0 Å². The maximum Gasteiger partial charge on any atom is 0.257 e. The van der Waals surface area contributed by atoms with Crippen LogP contribution in [0.15, 0.2) is 48.5 Å². The molecule has 6 heteroatoms. The Hall–Kier alpha value is -2.08. The predicted octanol–water partition coefficient (Wildman–Crippen LogP) is 4.09. The molecule has 0 spiro atoms. The summed E-state index contributed by atoms with van der Waals surface area (Å²) < 4.78 is 16.6. The summed E-state index contributed by atoms with van der Waals surface area (Å²) in [4.78, 5) is 11.9. The number of benzene rings is 2. The van der Waals surface area contributed by atoms with E-state index in [2.05, 4.69) is 5.32 Å². The predicted molar refractivity (Wildman–Crippen MR) is 110 cm³/mol. The van der Waals surface area contributed by atoms with Gasteiger partial charge in [0, 0.05) is 19.8 Å². The lowest BCUT2D eigenvalue weighted by Gasteiger charge is -2.11. The Kier molecular flexibility index (Phi) is 8.15. The smallest absolute Gasteiger partial charge is 0.257 e. The summed E-state index contributed by atoms with van der Waals surface area (Å²) >= 11 is 6.29. The van der Waals surface area contributed by atoms with E-state index in [1.54, 1.807) is 6.07 Å². The summed E-state index contributed by atoms with van der Waals surface area (Å²) in [6.07, 6.45) is 3.18. The van der Waals surface area contributed by atoms with Gasteiger partial charge in [0.05, 0.1) is 17.7 Å². The first-order valence-electron chi connectivity index (χ1n) is 9.66. The molecule has 1 aliphatic heterocycles. The molecule has 0 aliphatic carbocycles. The first kappa shape index (κ1) is 20.6. The molecule has 2 aromatic carbocycles. The molecule has 2 aromatic rings. The van der Waals surface area contributed by atoms with Crippen LogP contribution in [0.1, 0.15) is 19.3 Å². The van der Waals surface area contributed by atoms with Crippen LogP contribution in [0.3, 0.4) is 0 Å². The molecule has 28 heavy (non-hydrogen) atoms. The first-order valence-corrected chi connectivity index (χ1v) is 10.0. The van der Waals surface area contributed by atoms with E-state index in [1.807, 2.05) is 42.5 Å². The van der Waals surface area contributed by atoms with Crippen LogP contribution in [0.5, 0.6) is 5.75 Å². The molecule has 1 saturated heterocycles. The fraction of sp³-hybridized carbons (Fsp3) is 0.409. The molecule has 150 valence electrons. The number of nitrogens with one attached hydrogen (secondary N) is 1. The fourth-order valence-corrected chi connectivity index (χ4v) is 3.25. The Labute approximate surface area is 170 Å². The van der Waals surface area contributed by atoms with Gasteiger partial charge in [-0.1, -0.05) is 48.0 Å². The second-order valence-corrected chi connectivity index (χ2v) is 7.12. The molecule has 1 fully saturated rings. The van der Waals surface area contributed by atoms with Gasteiger partial charge < -0.3 is 19.5 Å². The van der Waals surface area contributed by atoms with Gasteiger partial charge in [-0.15, -0.1) is 0 Å². The molecule has 1 unspecified atom stereocenters. The minimum absolute atomic E-state index is 0.0683. The van der Waals surface area contributed by atoms with E-state index in [0.29, 0.717) is 30.5 Å². The van der Waals surface area contributed by atoms with E-state index in [0.717, 1.165) is 37.0 Å². The van der Waals surface area contributed by atoms with E-state index in [4.69, 9.17) is 25.8 Å². The zero-order valence-electron chi connectivity index (χ0n) is 15.9. The first-order chi connectivity index (χ1) is 13.7.